The number of anilines is 1. The fourth-order valence-electron chi connectivity index (χ4n) is 2.38. The Kier molecular flexibility index (Phi) is 3.77. The van der Waals surface area contributed by atoms with E-state index in [1.54, 1.807) is 6.26 Å². The number of aromatic amines is 1. The molecule has 1 aromatic carbocycles. The number of rotatable bonds is 5. The summed E-state index contributed by atoms with van der Waals surface area (Å²) in [5.41, 5.74) is 3.33. The molecular formula is C18H15N5O. The van der Waals surface area contributed by atoms with Gasteiger partial charge in [-0.25, -0.2) is 9.97 Å². The molecule has 0 aliphatic carbocycles. The van der Waals surface area contributed by atoms with E-state index in [-0.39, 0.29) is 0 Å². The van der Waals surface area contributed by atoms with Gasteiger partial charge in [0.1, 0.15) is 17.6 Å². The van der Waals surface area contributed by atoms with Crippen LogP contribution in [0.15, 0.2) is 59.5 Å². The normalized spacial score (nSPS) is 11.3. The Balaban J connectivity index is 1.59. The van der Waals surface area contributed by atoms with Gasteiger partial charge in [0.2, 0.25) is 5.95 Å². The van der Waals surface area contributed by atoms with Gasteiger partial charge in [-0.1, -0.05) is 36.4 Å². The van der Waals surface area contributed by atoms with Crippen LogP contribution < -0.4 is 5.32 Å². The molecule has 0 radical (unpaired) electrons. The number of aromatic nitrogens is 4. The number of furan rings is 1. The first kappa shape index (κ1) is 14.2. The summed E-state index contributed by atoms with van der Waals surface area (Å²) >= 11 is 0. The van der Waals surface area contributed by atoms with Crippen LogP contribution in [0.4, 0.5) is 5.95 Å². The standard InChI is InChI=1S/C18H15N5O/c1-2-5-13(6-3-1)8-9-15-16-17(21-12-20-15)23-18(22-16)19-11-14-7-4-10-24-14/h1-10,12H,11H2,(H2,19,20,21,22,23). The van der Waals surface area contributed by atoms with Gasteiger partial charge >= 0.3 is 0 Å². The summed E-state index contributed by atoms with van der Waals surface area (Å²) in [6.45, 7) is 0.551. The molecule has 3 heterocycles. The zero-order chi connectivity index (χ0) is 16.2. The van der Waals surface area contributed by atoms with Crippen molar-refractivity contribution in [2.75, 3.05) is 5.32 Å². The molecule has 0 saturated carbocycles. The summed E-state index contributed by atoms with van der Waals surface area (Å²) in [7, 11) is 0. The highest BCUT2D eigenvalue weighted by molar-refractivity contribution is 5.85. The second-order valence-electron chi connectivity index (χ2n) is 5.22. The maximum absolute atomic E-state index is 5.30. The Hall–Kier alpha value is -3.41. The number of hydrogen-bond acceptors (Lipinski definition) is 5. The molecule has 0 aliphatic heterocycles. The smallest absolute Gasteiger partial charge is 0.203 e. The summed E-state index contributed by atoms with van der Waals surface area (Å²) in [6.07, 6.45) is 7.13. The van der Waals surface area contributed by atoms with E-state index in [0.717, 1.165) is 22.5 Å². The van der Waals surface area contributed by atoms with Crippen LogP contribution in [0.1, 0.15) is 17.0 Å². The zero-order valence-electron chi connectivity index (χ0n) is 12.8. The van der Waals surface area contributed by atoms with Gasteiger partial charge in [0, 0.05) is 0 Å². The fourth-order valence-corrected chi connectivity index (χ4v) is 2.38. The minimum Gasteiger partial charge on any atom is -0.467 e. The van der Waals surface area contributed by atoms with Crippen molar-refractivity contribution in [3.63, 3.8) is 0 Å². The third-order valence-corrected chi connectivity index (χ3v) is 3.56. The quantitative estimate of drug-likeness (QED) is 0.586. The zero-order valence-corrected chi connectivity index (χ0v) is 12.8. The van der Waals surface area contributed by atoms with Crippen LogP contribution >= 0.6 is 0 Å². The SMILES string of the molecule is C(=Cc1ncnc2nc(NCc3ccco3)[nH]c12)c1ccccc1. The van der Waals surface area contributed by atoms with Crippen LogP contribution in [0.2, 0.25) is 0 Å². The van der Waals surface area contributed by atoms with Crippen molar-refractivity contribution in [2.45, 2.75) is 6.54 Å². The Morgan fingerprint density at radius 2 is 1.96 bits per heavy atom. The first-order chi connectivity index (χ1) is 11.9. The van der Waals surface area contributed by atoms with Crippen molar-refractivity contribution < 1.29 is 4.42 Å². The largest absolute Gasteiger partial charge is 0.467 e. The number of hydrogen-bond donors (Lipinski definition) is 2. The topological polar surface area (TPSA) is 79.6 Å². The third-order valence-electron chi connectivity index (χ3n) is 3.56. The van der Waals surface area contributed by atoms with Gasteiger partial charge in [0.25, 0.3) is 0 Å². The van der Waals surface area contributed by atoms with Crippen LogP contribution in [-0.4, -0.2) is 19.9 Å². The lowest BCUT2D eigenvalue weighted by atomic mass is 10.2. The van der Waals surface area contributed by atoms with Crippen LogP contribution in [0.5, 0.6) is 0 Å². The minimum atomic E-state index is 0.551. The number of fused-ring (bicyclic) bond motifs is 1. The lowest BCUT2D eigenvalue weighted by Gasteiger charge is -1.98. The van der Waals surface area contributed by atoms with Crippen LogP contribution in [0.3, 0.4) is 0 Å². The average Bonchev–Trinajstić information content (AvgIpc) is 3.28. The molecule has 0 unspecified atom stereocenters. The van der Waals surface area contributed by atoms with E-state index in [0.29, 0.717) is 18.1 Å². The van der Waals surface area contributed by atoms with Gasteiger partial charge in [0.05, 0.1) is 18.5 Å². The predicted octanol–water partition coefficient (Wildman–Crippen LogP) is 3.73. The van der Waals surface area contributed by atoms with Gasteiger partial charge in [0.15, 0.2) is 5.65 Å². The molecule has 0 saturated heterocycles. The summed E-state index contributed by atoms with van der Waals surface area (Å²) in [5, 5.41) is 3.19. The fraction of sp³-hybridized carbons (Fsp3) is 0.0556. The average molecular weight is 317 g/mol. The summed E-state index contributed by atoms with van der Waals surface area (Å²) in [6, 6.07) is 13.8. The molecule has 3 aromatic heterocycles. The summed E-state index contributed by atoms with van der Waals surface area (Å²) in [4.78, 5) is 16.2. The molecule has 0 amide bonds. The van der Waals surface area contributed by atoms with E-state index in [9.17, 15) is 0 Å². The van der Waals surface area contributed by atoms with Crippen molar-refractivity contribution in [3.05, 3.63) is 72.1 Å². The molecule has 0 atom stereocenters. The van der Waals surface area contributed by atoms with Crippen molar-refractivity contribution in [1.29, 1.82) is 0 Å². The number of nitrogens with zero attached hydrogens (tertiary/aromatic N) is 3. The van der Waals surface area contributed by atoms with E-state index in [2.05, 4.69) is 25.3 Å². The molecule has 2 N–H and O–H groups in total. The van der Waals surface area contributed by atoms with E-state index >= 15 is 0 Å². The number of H-pyrrole nitrogens is 1. The van der Waals surface area contributed by atoms with E-state index in [1.807, 2.05) is 54.6 Å². The molecule has 4 aromatic rings. The highest BCUT2D eigenvalue weighted by atomic mass is 16.3. The summed E-state index contributed by atoms with van der Waals surface area (Å²) in [5.74, 6) is 1.47. The molecule has 0 spiro atoms. The van der Waals surface area contributed by atoms with Crippen LogP contribution in [0, 0.1) is 0 Å². The predicted molar refractivity (Wildman–Crippen MR) is 93.1 cm³/mol. The highest BCUT2D eigenvalue weighted by Gasteiger charge is 2.08. The Bertz CT molecular complexity index is 958. The lowest BCUT2D eigenvalue weighted by Crippen LogP contribution is -1.99. The first-order valence-corrected chi connectivity index (χ1v) is 7.58. The number of benzene rings is 1. The molecular weight excluding hydrogens is 302 g/mol. The van der Waals surface area contributed by atoms with Gasteiger partial charge in [-0.05, 0) is 23.8 Å². The first-order valence-electron chi connectivity index (χ1n) is 7.58. The van der Waals surface area contributed by atoms with E-state index in [4.69, 9.17) is 4.42 Å². The second-order valence-corrected chi connectivity index (χ2v) is 5.22. The number of nitrogens with one attached hydrogen (secondary N) is 2. The maximum Gasteiger partial charge on any atom is 0.203 e. The molecule has 0 bridgehead atoms. The number of imidazole rings is 1. The Labute approximate surface area is 138 Å². The molecule has 0 fully saturated rings. The van der Waals surface area contributed by atoms with E-state index in [1.165, 1.54) is 6.33 Å². The second kappa shape index (κ2) is 6.37. The third kappa shape index (κ3) is 3.03. The van der Waals surface area contributed by atoms with Crippen molar-refractivity contribution in [1.82, 2.24) is 19.9 Å². The molecule has 0 aliphatic rings. The highest BCUT2D eigenvalue weighted by Crippen LogP contribution is 2.17. The minimum absolute atomic E-state index is 0.551. The maximum atomic E-state index is 5.30. The van der Waals surface area contributed by atoms with Gasteiger partial charge in [-0.15, -0.1) is 0 Å². The molecule has 4 rings (SSSR count). The molecule has 24 heavy (non-hydrogen) atoms. The van der Waals surface area contributed by atoms with Crippen LogP contribution in [0.25, 0.3) is 23.3 Å². The van der Waals surface area contributed by atoms with Crippen LogP contribution in [-0.2, 0) is 6.54 Å². The van der Waals surface area contributed by atoms with Gasteiger partial charge in [-0.2, -0.15) is 4.98 Å². The Morgan fingerprint density at radius 1 is 1.04 bits per heavy atom. The van der Waals surface area contributed by atoms with Crippen molar-refractivity contribution in [3.8, 4) is 0 Å². The van der Waals surface area contributed by atoms with Crippen molar-refractivity contribution >= 4 is 29.3 Å². The van der Waals surface area contributed by atoms with Gasteiger partial charge < -0.3 is 14.7 Å². The molecule has 6 nitrogen and oxygen atoms in total. The summed E-state index contributed by atoms with van der Waals surface area (Å²) < 4.78 is 5.30. The van der Waals surface area contributed by atoms with Gasteiger partial charge in [-0.3, -0.25) is 0 Å². The monoisotopic (exact) mass is 317 g/mol. The van der Waals surface area contributed by atoms with Crippen molar-refractivity contribution in [2.24, 2.45) is 0 Å². The lowest BCUT2D eigenvalue weighted by molar-refractivity contribution is 0.517. The van der Waals surface area contributed by atoms with E-state index < -0.39 is 0 Å². The molecule has 118 valence electrons. The molecule has 6 heteroatoms. The Morgan fingerprint density at radius 3 is 2.79 bits per heavy atom.